The minimum absolute atomic E-state index is 0.798. The van der Waals surface area contributed by atoms with Gasteiger partial charge in [0.1, 0.15) is 0 Å². The first-order chi connectivity index (χ1) is 13.4. The Morgan fingerprint density at radius 2 is 1.30 bits per heavy atom. The first kappa shape index (κ1) is 17.3. The van der Waals surface area contributed by atoms with Crippen LogP contribution in [-0.2, 0) is 4.74 Å². The van der Waals surface area contributed by atoms with Crippen molar-refractivity contribution in [1.82, 2.24) is 0 Å². The second kappa shape index (κ2) is 8.52. The molecule has 0 amide bonds. The quantitative estimate of drug-likeness (QED) is 0.490. The Balaban J connectivity index is 1.55. The molecule has 0 aliphatic carbocycles. The third-order valence-corrected chi connectivity index (χ3v) is 4.59. The molecule has 1 aliphatic rings. The highest BCUT2D eigenvalue weighted by Gasteiger charge is 2.11. The number of hydrazone groups is 1. The molecule has 3 aromatic rings. The summed E-state index contributed by atoms with van der Waals surface area (Å²) in [4.78, 5) is 2.35. The number of hydrogen-bond acceptors (Lipinski definition) is 4. The zero-order chi connectivity index (χ0) is 18.3. The predicted octanol–water partition coefficient (Wildman–Crippen LogP) is 4.70. The third kappa shape index (κ3) is 4.36. The lowest BCUT2D eigenvalue weighted by molar-refractivity contribution is 0.122. The molecule has 4 heteroatoms. The van der Waals surface area contributed by atoms with Gasteiger partial charge in [0.25, 0.3) is 0 Å². The first-order valence-corrected chi connectivity index (χ1v) is 9.27. The third-order valence-electron chi connectivity index (χ3n) is 4.59. The molecule has 0 unspecified atom stereocenters. The number of nitrogens with zero attached hydrogens (tertiary/aromatic N) is 3. The minimum atomic E-state index is 0.798. The van der Waals surface area contributed by atoms with Crippen LogP contribution in [0.4, 0.5) is 17.1 Å². The molecule has 0 N–H and O–H groups in total. The zero-order valence-electron chi connectivity index (χ0n) is 15.2. The molecule has 0 spiro atoms. The Morgan fingerprint density at radius 1 is 0.741 bits per heavy atom. The van der Waals surface area contributed by atoms with E-state index in [0.29, 0.717) is 0 Å². The van der Waals surface area contributed by atoms with E-state index >= 15 is 0 Å². The molecule has 0 radical (unpaired) electrons. The van der Waals surface area contributed by atoms with Crippen LogP contribution in [0.25, 0.3) is 0 Å². The fraction of sp³-hybridized carbons (Fsp3) is 0.174. The summed E-state index contributed by atoms with van der Waals surface area (Å²) in [5.41, 5.74) is 4.37. The monoisotopic (exact) mass is 357 g/mol. The summed E-state index contributed by atoms with van der Waals surface area (Å²) >= 11 is 0. The highest BCUT2D eigenvalue weighted by molar-refractivity contribution is 5.82. The van der Waals surface area contributed by atoms with Crippen molar-refractivity contribution in [3.8, 4) is 0 Å². The standard InChI is InChI=1S/C23H23N3O/c1-3-7-22(8-4-1)26(23-9-5-2-6-10-23)24-19-20-11-13-21(14-12-20)25-15-17-27-18-16-25/h1-14,19H,15-18H2. The van der Waals surface area contributed by atoms with Gasteiger partial charge in [-0.15, -0.1) is 0 Å². The molecule has 1 heterocycles. The highest BCUT2D eigenvalue weighted by atomic mass is 16.5. The molecule has 0 saturated carbocycles. The lowest BCUT2D eigenvalue weighted by atomic mass is 10.2. The Bertz CT molecular complexity index is 818. The molecular formula is C23H23N3O. The summed E-state index contributed by atoms with van der Waals surface area (Å²) in [6.45, 7) is 3.49. The zero-order valence-corrected chi connectivity index (χ0v) is 15.2. The molecule has 3 aromatic carbocycles. The lowest BCUT2D eigenvalue weighted by Crippen LogP contribution is -2.36. The number of benzene rings is 3. The van der Waals surface area contributed by atoms with Gasteiger partial charge in [0.15, 0.2) is 0 Å². The van der Waals surface area contributed by atoms with Gasteiger partial charge >= 0.3 is 0 Å². The van der Waals surface area contributed by atoms with E-state index in [1.165, 1.54) is 5.69 Å². The van der Waals surface area contributed by atoms with Crippen molar-refractivity contribution in [2.45, 2.75) is 0 Å². The van der Waals surface area contributed by atoms with Crippen molar-refractivity contribution in [1.29, 1.82) is 0 Å². The number of hydrogen-bond donors (Lipinski definition) is 0. The molecule has 4 rings (SSSR count). The highest BCUT2D eigenvalue weighted by Crippen LogP contribution is 2.25. The molecule has 0 bridgehead atoms. The molecule has 0 atom stereocenters. The number of ether oxygens (including phenoxy) is 1. The van der Waals surface area contributed by atoms with E-state index in [4.69, 9.17) is 9.84 Å². The second-order valence-corrected chi connectivity index (χ2v) is 6.42. The van der Waals surface area contributed by atoms with Gasteiger partial charge in [-0.2, -0.15) is 5.10 Å². The van der Waals surface area contributed by atoms with E-state index in [1.807, 2.05) is 47.6 Å². The SMILES string of the molecule is C(=NN(c1ccccc1)c1ccccc1)c1ccc(N2CCOCC2)cc1. The molecule has 136 valence electrons. The molecule has 0 aromatic heterocycles. The van der Waals surface area contributed by atoms with Crippen molar-refractivity contribution in [2.75, 3.05) is 36.2 Å². The Labute approximate surface area is 160 Å². The van der Waals surface area contributed by atoms with Crippen LogP contribution in [0.5, 0.6) is 0 Å². The molecule has 4 nitrogen and oxygen atoms in total. The van der Waals surface area contributed by atoms with Crippen LogP contribution >= 0.6 is 0 Å². The number of para-hydroxylation sites is 2. The summed E-state index contributed by atoms with van der Waals surface area (Å²) in [5, 5.41) is 6.71. The van der Waals surface area contributed by atoms with Gasteiger partial charge in [-0.3, -0.25) is 0 Å². The van der Waals surface area contributed by atoms with Crippen molar-refractivity contribution in [2.24, 2.45) is 5.10 Å². The van der Waals surface area contributed by atoms with Crippen molar-refractivity contribution < 1.29 is 4.74 Å². The van der Waals surface area contributed by atoms with Crippen LogP contribution in [0.3, 0.4) is 0 Å². The fourth-order valence-electron chi connectivity index (χ4n) is 3.14. The smallest absolute Gasteiger partial charge is 0.0652 e. The summed E-state index contributed by atoms with van der Waals surface area (Å²) < 4.78 is 5.43. The van der Waals surface area contributed by atoms with Gasteiger partial charge < -0.3 is 9.64 Å². The number of morpholine rings is 1. The van der Waals surface area contributed by atoms with Crippen LogP contribution in [0.2, 0.25) is 0 Å². The van der Waals surface area contributed by atoms with Gasteiger partial charge in [-0.1, -0.05) is 48.5 Å². The van der Waals surface area contributed by atoms with E-state index in [2.05, 4.69) is 53.4 Å². The van der Waals surface area contributed by atoms with E-state index in [9.17, 15) is 0 Å². The second-order valence-electron chi connectivity index (χ2n) is 6.42. The largest absolute Gasteiger partial charge is 0.378 e. The normalized spacial score (nSPS) is 14.4. The molecule has 1 saturated heterocycles. The molecule has 27 heavy (non-hydrogen) atoms. The van der Waals surface area contributed by atoms with E-state index in [1.54, 1.807) is 0 Å². The summed E-state index contributed by atoms with van der Waals surface area (Å²) in [6.07, 6.45) is 1.91. The van der Waals surface area contributed by atoms with E-state index < -0.39 is 0 Å². The average Bonchev–Trinajstić information content (AvgIpc) is 2.76. The minimum Gasteiger partial charge on any atom is -0.378 e. The Morgan fingerprint density at radius 3 is 1.85 bits per heavy atom. The Hall–Kier alpha value is -3.11. The summed E-state index contributed by atoms with van der Waals surface area (Å²) in [6, 6.07) is 28.9. The maximum Gasteiger partial charge on any atom is 0.0652 e. The van der Waals surface area contributed by atoms with Crippen molar-refractivity contribution >= 4 is 23.3 Å². The predicted molar refractivity (Wildman–Crippen MR) is 112 cm³/mol. The maximum atomic E-state index is 5.43. The van der Waals surface area contributed by atoms with E-state index in [0.717, 1.165) is 43.2 Å². The summed E-state index contributed by atoms with van der Waals surface area (Å²) in [7, 11) is 0. The van der Waals surface area contributed by atoms with Crippen LogP contribution in [0.1, 0.15) is 5.56 Å². The number of rotatable bonds is 5. The summed E-state index contributed by atoms with van der Waals surface area (Å²) in [5.74, 6) is 0. The van der Waals surface area contributed by atoms with Gasteiger partial charge in [-0.05, 0) is 42.0 Å². The van der Waals surface area contributed by atoms with Gasteiger partial charge in [0.05, 0.1) is 30.8 Å². The van der Waals surface area contributed by atoms with Crippen LogP contribution in [0.15, 0.2) is 90.0 Å². The maximum absolute atomic E-state index is 5.43. The van der Waals surface area contributed by atoms with Crippen LogP contribution in [-0.4, -0.2) is 32.5 Å². The van der Waals surface area contributed by atoms with Gasteiger partial charge in [0, 0.05) is 18.8 Å². The first-order valence-electron chi connectivity index (χ1n) is 9.27. The van der Waals surface area contributed by atoms with Crippen molar-refractivity contribution in [3.63, 3.8) is 0 Å². The Kier molecular flexibility index (Phi) is 5.46. The average molecular weight is 357 g/mol. The van der Waals surface area contributed by atoms with E-state index in [-0.39, 0.29) is 0 Å². The topological polar surface area (TPSA) is 28.1 Å². The van der Waals surface area contributed by atoms with Crippen LogP contribution in [0, 0.1) is 0 Å². The van der Waals surface area contributed by atoms with Gasteiger partial charge in [0.2, 0.25) is 0 Å². The molecule has 1 fully saturated rings. The molecule has 1 aliphatic heterocycles. The number of anilines is 3. The molecular weight excluding hydrogens is 334 g/mol. The fourth-order valence-corrected chi connectivity index (χ4v) is 3.14. The van der Waals surface area contributed by atoms with Gasteiger partial charge in [-0.25, -0.2) is 5.01 Å². The van der Waals surface area contributed by atoms with Crippen molar-refractivity contribution in [3.05, 3.63) is 90.5 Å². The lowest BCUT2D eigenvalue weighted by Gasteiger charge is -2.28. The van der Waals surface area contributed by atoms with Crippen LogP contribution < -0.4 is 9.91 Å².